The van der Waals surface area contributed by atoms with Gasteiger partial charge < -0.3 is 4.90 Å². The van der Waals surface area contributed by atoms with E-state index in [2.05, 4.69) is 16.3 Å². The molecule has 0 spiro atoms. The van der Waals surface area contributed by atoms with E-state index in [1.165, 1.54) is 12.1 Å². The highest BCUT2D eigenvalue weighted by atomic mass is 19.1. The SMILES string of the molecule is Cc1cc(F)ccc1CC1CCN(c2ccc(-c3cn[nH]c3)c(C)c2)C1=O. The van der Waals surface area contributed by atoms with Gasteiger partial charge in [-0.3, -0.25) is 9.89 Å². The van der Waals surface area contributed by atoms with Crippen LogP contribution in [-0.4, -0.2) is 22.6 Å². The van der Waals surface area contributed by atoms with Crippen LogP contribution >= 0.6 is 0 Å². The molecule has 5 heteroatoms. The number of anilines is 1. The van der Waals surface area contributed by atoms with Gasteiger partial charge in [-0.2, -0.15) is 5.10 Å². The first-order valence-corrected chi connectivity index (χ1v) is 9.19. The zero-order valence-corrected chi connectivity index (χ0v) is 15.5. The third-order valence-corrected chi connectivity index (χ3v) is 5.42. The first-order valence-electron chi connectivity index (χ1n) is 9.19. The summed E-state index contributed by atoms with van der Waals surface area (Å²) >= 11 is 0. The summed E-state index contributed by atoms with van der Waals surface area (Å²) in [4.78, 5) is 14.8. The summed E-state index contributed by atoms with van der Waals surface area (Å²) in [6, 6.07) is 10.9. The number of carbonyl (C=O) groups excluding carboxylic acids is 1. The fourth-order valence-corrected chi connectivity index (χ4v) is 3.88. The molecule has 1 amide bonds. The highest BCUT2D eigenvalue weighted by Crippen LogP contribution is 2.32. The van der Waals surface area contributed by atoms with Crippen molar-refractivity contribution in [1.29, 1.82) is 0 Å². The van der Waals surface area contributed by atoms with E-state index in [0.717, 1.165) is 39.9 Å². The molecule has 1 aliphatic heterocycles. The number of hydrogen-bond donors (Lipinski definition) is 1. The minimum Gasteiger partial charge on any atom is -0.312 e. The molecule has 1 N–H and O–H groups in total. The molecule has 4 rings (SSSR count). The van der Waals surface area contributed by atoms with Gasteiger partial charge in [-0.05, 0) is 73.2 Å². The van der Waals surface area contributed by atoms with Crippen LogP contribution in [0.3, 0.4) is 0 Å². The summed E-state index contributed by atoms with van der Waals surface area (Å²) in [6.07, 6.45) is 5.14. The molecule has 0 bridgehead atoms. The van der Waals surface area contributed by atoms with Crippen molar-refractivity contribution in [2.75, 3.05) is 11.4 Å². The maximum absolute atomic E-state index is 13.3. The van der Waals surface area contributed by atoms with Crippen LogP contribution in [0.15, 0.2) is 48.8 Å². The molecule has 2 aromatic carbocycles. The second-order valence-corrected chi connectivity index (χ2v) is 7.24. The van der Waals surface area contributed by atoms with Gasteiger partial charge in [-0.25, -0.2) is 4.39 Å². The average Bonchev–Trinajstić information content (AvgIpc) is 3.28. The normalized spacial score (nSPS) is 16.9. The molecule has 1 saturated heterocycles. The highest BCUT2D eigenvalue weighted by Gasteiger charge is 2.33. The number of nitrogens with zero attached hydrogens (tertiary/aromatic N) is 2. The number of aryl methyl sites for hydroxylation is 2. The molecule has 138 valence electrons. The highest BCUT2D eigenvalue weighted by molar-refractivity contribution is 5.97. The second-order valence-electron chi connectivity index (χ2n) is 7.24. The Morgan fingerprint density at radius 2 is 2.04 bits per heavy atom. The molecule has 2 heterocycles. The number of hydrogen-bond acceptors (Lipinski definition) is 2. The lowest BCUT2D eigenvalue weighted by Crippen LogP contribution is -2.27. The summed E-state index contributed by atoms with van der Waals surface area (Å²) in [5, 5.41) is 6.83. The topological polar surface area (TPSA) is 49.0 Å². The van der Waals surface area contributed by atoms with Gasteiger partial charge in [0.2, 0.25) is 5.91 Å². The number of rotatable bonds is 4. The predicted octanol–water partition coefficient (Wildman–Crippen LogP) is 4.43. The number of aromatic nitrogens is 2. The van der Waals surface area contributed by atoms with Crippen LogP contribution in [0.25, 0.3) is 11.1 Å². The number of amides is 1. The number of nitrogens with one attached hydrogen (secondary N) is 1. The summed E-state index contributed by atoms with van der Waals surface area (Å²) in [7, 11) is 0. The van der Waals surface area contributed by atoms with Crippen LogP contribution in [0.2, 0.25) is 0 Å². The summed E-state index contributed by atoms with van der Waals surface area (Å²) in [5.74, 6) is -0.138. The van der Waals surface area contributed by atoms with Gasteiger partial charge in [0.05, 0.1) is 6.20 Å². The van der Waals surface area contributed by atoms with E-state index in [0.29, 0.717) is 13.0 Å². The van der Waals surface area contributed by atoms with Gasteiger partial charge in [-0.15, -0.1) is 0 Å². The van der Waals surface area contributed by atoms with Gasteiger partial charge in [0.25, 0.3) is 0 Å². The van der Waals surface area contributed by atoms with Crippen molar-refractivity contribution >= 4 is 11.6 Å². The van der Waals surface area contributed by atoms with Crippen LogP contribution < -0.4 is 4.90 Å². The van der Waals surface area contributed by atoms with Crippen molar-refractivity contribution in [3.63, 3.8) is 0 Å². The van der Waals surface area contributed by atoms with Crippen molar-refractivity contribution < 1.29 is 9.18 Å². The molecule has 0 saturated carbocycles. The van der Waals surface area contributed by atoms with Crippen molar-refractivity contribution in [2.24, 2.45) is 5.92 Å². The Morgan fingerprint density at radius 3 is 2.74 bits per heavy atom. The van der Waals surface area contributed by atoms with Crippen LogP contribution in [-0.2, 0) is 11.2 Å². The standard InChI is InChI=1S/C22H22FN3O/c1-14-9-19(23)4-3-16(14)11-17-7-8-26(22(17)27)20-5-6-21(15(2)10-20)18-12-24-25-13-18/h3-6,9-10,12-13,17H,7-8,11H2,1-2H3,(H,24,25). The van der Waals surface area contributed by atoms with Crippen molar-refractivity contribution in [3.05, 3.63) is 71.3 Å². The van der Waals surface area contributed by atoms with E-state index >= 15 is 0 Å². The Labute approximate surface area is 158 Å². The molecule has 1 fully saturated rings. The fraction of sp³-hybridized carbons (Fsp3) is 0.273. The van der Waals surface area contributed by atoms with Gasteiger partial charge >= 0.3 is 0 Å². The molecule has 1 aliphatic rings. The lowest BCUT2D eigenvalue weighted by Gasteiger charge is -2.19. The third-order valence-electron chi connectivity index (χ3n) is 5.42. The first kappa shape index (κ1) is 17.5. The van der Waals surface area contributed by atoms with Crippen molar-refractivity contribution in [3.8, 4) is 11.1 Å². The minimum absolute atomic E-state index is 0.0528. The number of aromatic amines is 1. The predicted molar refractivity (Wildman–Crippen MR) is 104 cm³/mol. The lowest BCUT2D eigenvalue weighted by atomic mass is 9.95. The number of benzene rings is 2. The molecule has 0 radical (unpaired) electrons. The van der Waals surface area contributed by atoms with Gasteiger partial charge in [0.1, 0.15) is 5.82 Å². The Kier molecular flexibility index (Phi) is 4.52. The molecular formula is C22H22FN3O. The number of carbonyl (C=O) groups is 1. The summed E-state index contributed by atoms with van der Waals surface area (Å²) < 4.78 is 13.3. The smallest absolute Gasteiger partial charge is 0.230 e. The van der Waals surface area contributed by atoms with E-state index in [9.17, 15) is 9.18 Å². The van der Waals surface area contributed by atoms with E-state index in [-0.39, 0.29) is 17.6 Å². The molecule has 1 unspecified atom stereocenters. The molecule has 4 nitrogen and oxygen atoms in total. The van der Waals surface area contributed by atoms with E-state index in [1.807, 2.05) is 37.1 Å². The minimum atomic E-state index is -0.233. The average molecular weight is 363 g/mol. The summed E-state index contributed by atoms with van der Waals surface area (Å²) in [6.45, 7) is 4.66. The van der Waals surface area contributed by atoms with E-state index < -0.39 is 0 Å². The van der Waals surface area contributed by atoms with Crippen LogP contribution in [0.1, 0.15) is 23.1 Å². The van der Waals surface area contributed by atoms with Crippen molar-refractivity contribution in [1.82, 2.24) is 10.2 Å². The maximum atomic E-state index is 13.3. The zero-order chi connectivity index (χ0) is 19.0. The van der Waals surface area contributed by atoms with Crippen LogP contribution in [0, 0.1) is 25.6 Å². The van der Waals surface area contributed by atoms with Crippen LogP contribution in [0.5, 0.6) is 0 Å². The molecule has 0 aliphatic carbocycles. The quantitative estimate of drug-likeness (QED) is 0.745. The van der Waals surface area contributed by atoms with Crippen molar-refractivity contribution in [2.45, 2.75) is 26.7 Å². The zero-order valence-electron chi connectivity index (χ0n) is 15.5. The third kappa shape index (κ3) is 3.37. The lowest BCUT2D eigenvalue weighted by molar-refractivity contribution is -0.120. The molecule has 1 aromatic heterocycles. The number of halogens is 1. The molecular weight excluding hydrogens is 341 g/mol. The number of H-pyrrole nitrogens is 1. The Hall–Kier alpha value is -2.95. The molecule has 3 aromatic rings. The Balaban J connectivity index is 1.52. The largest absolute Gasteiger partial charge is 0.312 e. The monoisotopic (exact) mass is 363 g/mol. The van der Waals surface area contributed by atoms with E-state index in [4.69, 9.17) is 0 Å². The fourth-order valence-electron chi connectivity index (χ4n) is 3.88. The van der Waals surface area contributed by atoms with Gasteiger partial charge in [0.15, 0.2) is 0 Å². The molecule has 27 heavy (non-hydrogen) atoms. The Bertz CT molecular complexity index is 981. The maximum Gasteiger partial charge on any atom is 0.230 e. The van der Waals surface area contributed by atoms with Gasteiger partial charge in [0, 0.05) is 29.9 Å². The molecule has 1 atom stereocenters. The van der Waals surface area contributed by atoms with Gasteiger partial charge in [-0.1, -0.05) is 12.1 Å². The van der Waals surface area contributed by atoms with E-state index in [1.54, 1.807) is 12.3 Å². The summed E-state index contributed by atoms with van der Waals surface area (Å²) in [5.41, 5.74) is 6.14. The second kappa shape index (κ2) is 6.99. The van der Waals surface area contributed by atoms with Crippen LogP contribution in [0.4, 0.5) is 10.1 Å². The Morgan fingerprint density at radius 1 is 1.19 bits per heavy atom. The first-order chi connectivity index (χ1) is 13.0.